The van der Waals surface area contributed by atoms with Crippen LogP contribution in [0.2, 0.25) is 0 Å². The van der Waals surface area contributed by atoms with Crippen molar-refractivity contribution in [3.63, 3.8) is 0 Å². The molecule has 0 aliphatic heterocycles. The second kappa shape index (κ2) is 5.98. The number of nitrogens with zero attached hydrogens (tertiary/aromatic N) is 2. The molecule has 0 radical (unpaired) electrons. The van der Waals surface area contributed by atoms with E-state index in [-0.39, 0.29) is 10.3 Å². The molecule has 18 heavy (non-hydrogen) atoms. The lowest BCUT2D eigenvalue weighted by Crippen LogP contribution is -2.14. The molecule has 1 heterocycles. The number of rotatable bonds is 4. The third kappa shape index (κ3) is 2.89. The minimum Gasteiger partial charge on any atom is -0.462 e. The van der Waals surface area contributed by atoms with Crippen LogP contribution in [0.25, 0.3) is 0 Å². The van der Waals surface area contributed by atoms with Crippen molar-refractivity contribution in [2.45, 2.75) is 13.3 Å². The number of halogens is 3. The number of pyridine rings is 1. The van der Waals surface area contributed by atoms with Gasteiger partial charge in [-0.15, -0.1) is 0 Å². The maximum atomic E-state index is 12.9. The SMILES string of the molecule is CCOC(=O)c1c([N+](=O)[O-])cnc(I)c1C(F)F. The van der Waals surface area contributed by atoms with Crippen LogP contribution in [0, 0.1) is 13.8 Å². The van der Waals surface area contributed by atoms with Crippen LogP contribution in [0.15, 0.2) is 6.20 Å². The molecular formula is C9H7F2IN2O4. The molecule has 9 heteroatoms. The number of nitro groups is 1. The van der Waals surface area contributed by atoms with E-state index in [1.165, 1.54) is 29.5 Å². The summed E-state index contributed by atoms with van der Waals surface area (Å²) in [6.45, 7) is 1.40. The lowest BCUT2D eigenvalue weighted by molar-refractivity contribution is -0.385. The molecule has 0 fully saturated rings. The van der Waals surface area contributed by atoms with Gasteiger partial charge in [0.25, 0.3) is 6.43 Å². The average molecular weight is 372 g/mol. The molecule has 0 N–H and O–H groups in total. The molecule has 1 aromatic rings. The van der Waals surface area contributed by atoms with E-state index in [0.29, 0.717) is 0 Å². The molecule has 1 aromatic heterocycles. The predicted molar refractivity (Wildman–Crippen MR) is 64.5 cm³/mol. The number of hydrogen-bond donors (Lipinski definition) is 0. The predicted octanol–water partition coefficient (Wildman–Crippen LogP) is 2.71. The normalized spacial score (nSPS) is 10.5. The number of hydrogen-bond acceptors (Lipinski definition) is 5. The van der Waals surface area contributed by atoms with Gasteiger partial charge in [0, 0.05) is 0 Å². The van der Waals surface area contributed by atoms with Crippen LogP contribution in [0.5, 0.6) is 0 Å². The molecule has 0 aromatic carbocycles. The summed E-state index contributed by atoms with van der Waals surface area (Å²) < 4.78 is 30.1. The fraction of sp³-hybridized carbons (Fsp3) is 0.333. The van der Waals surface area contributed by atoms with Crippen molar-refractivity contribution >= 4 is 34.2 Å². The number of carbonyl (C=O) groups is 1. The van der Waals surface area contributed by atoms with Gasteiger partial charge in [-0.3, -0.25) is 10.1 Å². The lowest BCUT2D eigenvalue weighted by Gasteiger charge is -2.09. The molecular weight excluding hydrogens is 365 g/mol. The minimum absolute atomic E-state index is 0.0719. The molecule has 0 spiro atoms. The topological polar surface area (TPSA) is 82.3 Å². The molecule has 0 saturated heterocycles. The Morgan fingerprint density at radius 2 is 2.28 bits per heavy atom. The van der Waals surface area contributed by atoms with Gasteiger partial charge in [0.1, 0.15) is 9.90 Å². The number of esters is 1. The summed E-state index contributed by atoms with van der Waals surface area (Å²) in [5.41, 5.74) is -2.30. The number of ether oxygens (including phenoxy) is 1. The molecule has 0 unspecified atom stereocenters. The van der Waals surface area contributed by atoms with E-state index in [4.69, 9.17) is 0 Å². The minimum atomic E-state index is -3.05. The summed E-state index contributed by atoms with van der Waals surface area (Å²) in [6, 6.07) is 0. The molecule has 98 valence electrons. The smallest absolute Gasteiger partial charge is 0.345 e. The Hall–Kier alpha value is -1.39. The van der Waals surface area contributed by atoms with Gasteiger partial charge in [-0.1, -0.05) is 0 Å². The Morgan fingerprint density at radius 3 is 2.72 bits per heavy atom. The fourth-order valence-corrected chi connectivity index (χ4v) is 1.89. The highest BCUT2D eigenvalue weighted by atomic mass is 127. The Kier molecular flexibility index (Phi) is 4.87. The maximum Gasteiger partial charge on any atom is 0.345 e. The van der Waals surface area contributed by atoms with Gasteiger partial charge in [-0.25, -0.2) is 18.6 Å². The van der Waals surface area contributed by atoms with Crippen LogP contribution in [0.1, 0.15) is 29.3 Å². The van der Waals surface area contributed by atoms with Crippen LogP contribution in [0.4, 0.5) is 14.5 Å². The first kappa shape index (κ1) is 14.7. The monoisotopic (exact) mass is 372 g/mol. The van der Waals surface area contributed by atoms with Crippen LogP contribution in [0.3, 0.4) is 0 Å². The summed E-state index contributed by atoms with van der Waals surface area (Å²) in [4.78, 5) is 24.8. The molecule has 6 nitrogen and oxygen atoms in total. The van der Waals surface area contributed by atoms with Gasteiger partial charge in [0.05, 0.1) is 17.1 Å². The van der Waals surface area contributed by atoms with Crippen molar-refractivity contribution in [1.82, 2.24) is 4.98 Å². The van der Waals surface area contributed by atoms with Crippen LogP contribution in [-0.4, -0.2) is 22.5 Å². The third-order valence-electron chi connectivity index (χ3n) is 1.94. The molecule has 0 bridgehead atoms. The summed E-state index contributed by atoms with van der Waals surface area (Å²) in [5.74, 6) is -1.15. The van der Waals surface area contributed by atoms with E-state index >= 15 is 0 Å². The van der Waals surface area contributed by atoms with Crippen LogP contribution < -0.4 is 0 Å². The van der Waals surface area contributed by atoms with Crippen molar-refractivity contribution in [3.8, 4) is 0 Å². The number of alkyl halides is 2. The highest BCUT2D eigenvalue weighted by Crippen LogP contribution is 2.32. The van der Waals surface area contributed by atoms with Gasteiger partial charge in [0.2, 0.25) is 0 Å². The van der Waals surface area contributed by atoms with Crippen molar-refractivity contribution in [1.29, 1.82) is 0 Å². The van der Waals surface area contributed by atoms with E-state index in [1.54, 1.807) is 0 Å². The summed E-state index contributed by atoms with van der Waals surface area (Å²) in [5, 5.41) is 10.7. The largest absolute Gasteiger partial charge is 0.462 e. The Labute approximate surface area is 114 Å². The Balaban J connectivity index is 3.53. The van der Waals surface area contributed by atoms with E-state index in [2.05, 4.69) is 9.72 Å². The molecule has 0 atom stereocenters. The van der Waals surface area contributed by atoms with Crippen LogP contribution >= 0.6 is 22.6 Å². The fourth-order valence-electron chi connectivity index (χ4n) is 1.25. The second-order valence-electron chi connectivity index (χ2n) is 3.00. The Bertz CT molecular complexity index is 496. The second-order valence-corrected chi connectivity index (χ2v) is 4.02. The quantitative estimate of drug-likeness (QED) is 0.267. The van der Waals surface area contributed by atoms with Gasteiger partial charge >= 0.3 is 11.7 Å². The zero-order valence-electron chi connectivity index (χ0n) is 9.02. The zero-order chi connectivity index (χ0) is 13.9. The standard InChI is InChI=1S/C9H7F2IN2O4/c1-2-18-9(15)5-4(14(16)17)3-13-8(12)6(5)7(10)11/h3,7H,2H2,1H3. The van der Waals surface area contributed by atoms with E-state index in [1.807, 2.05) is 0 Å². The average Bonchev–Trinajstić information content (AvgIpc) is 2.27. The Morgan fingerprint density at radius 1 is 1.67 bits per heavy atom. The van der Waals surface area contributed by atoms with Gasteiger partial charge in [0.15, 0.2) is 5.56 Å². The van der Waals surface area contributed by atoms with Crippen molar-refractivity contribution in [2.24, 2.45) is 0 Å². The van der Waals surface area contributed by atoms with E-state index < -0.39 is 34.1 Å². The van der Waals surface area contributed by atoms with Crippen molar-refractivity contribution < 1.29 is 23.2 Å². The van der Waals surface area contributed by atoms with Gasteiger partial charge in [-0.05, 0) is 29.5 Å². The first-order valence-corrected chi connectivity index (χ1v) is 5.76. The molecule has 1 rings (SSSR count). The lowest BCUT2D eigenvalue weighted by atomic mass is 10.1. The highest BCUT2D eigenvalue weighted by Gasteiger charge is 2.32. The first-order valence-electron chi connectivity index (χ1n) is 4.68. The van der Waals surface area contributed by atoms with Crippen molar-refractivity contribution in [3.05, 3.63) is 31.1 Å². The zero-order valence-corrected chi connectivity index (χ0v) is 11.2. The van der Waals surface area contributed by atoms with Crippen molar-refractivity contribution in [2.75, 3.05) is 6.61 Å². The summed E-state index contributed by atoms with van der Waals surface area (Å²) in [7, 11) is 0. The van der Waals surface area contributed by atoms with Gasteiger partial charge < -0.3 is 4.74 Å². The summed E-state index contributed by atoms with van der Waals surface area (Å²) in [6.07, 6.45) is -2.29. The molecule has 0 saturated carbocycles. The molecule has 0 amide bonds. The first-order chi connectivity index (χ1) is 8.40. The van der Waals surface area contributed by atoms with Gasteiger partial charge in [-0.2, -0.15) is 0 Å². The van der Waals surface area contributed by atoms with E-state index in [0.717, 1.165) is 6.20 Å². The third-order valence-corrected chi connectivity index (χ3v) is 2.80. The molecule has 0 aliphatic carbocycles. The maximum absolute atomic E-state index is 12.9. The number of carbonyl (C=O) groups excluding carboxylic acids is 1. The van der Waals surface area contributed by atoms with E-state index in [9.17, 15) is 23.7 Å². The van der Waals surface area contributed by atoms with Crippen LogP contribution in [-0.2, 0) is 4.74 Å². The summed E-state index contributed by atoms with van der Waals surface area (Å²) >= 11 is 1.48. The molecule has 0 aliphatic rings. The highest BCUT2D eigenvalue weighted by molar-refractivity contribution is 14.1. The number of aromatic nitrogens is 1.